The van der Waals surface area contributed by atoms with Gasteiger partial charge >= 0.3 is 5.97 Å². The van der Waals surface area contributed by atoms with Gasteiger partial charge in [-0.1, -0.05) is 18.2 Å². The Kier molecular flexibility index (Phi) is 7.08. The molecule has 3 aromatic rings. The number of likely N-dealkylation sites (N-methyl/N-ethyl adjacent to an activating group) is 1. The third-order valence-corrected chi connectivity index (χ3v) is 5.82. The molecule has 0 saturated heterocycles. The lowest BCUT2D eigenvalue weighted by molar-refractivity contribution is -0.385. The molecule has 0 aliphatic rings. The molecule has 1 amide bonds. The average Bonchev–Trinajstić information content (AvgIpc) is 3.30. The van der Waals surface area contributed by atoms with E-state index in [1.807, 2.05) is 0 Å². The SMILES string of the molecule is CN(Cc1ccco1)C(=O)COC(=O)c1ccccc1NS(=O)(=O)c1cccc([N+](=O)[O-])c1. The molecule has 0 spiro atoms. The van der Waals surface area contributed by atoms with E-state index in [0.717, 1.165) is 12.1 Å². The molecule has 1 heterocycles. The molecule has 172 valence electrons. The molecule has 3 rings (SSSR count). The van der Waals surface area contributed by atoms with Crippen molar-refractivity contribution in [3.8, 4) is 0 Å². The topological polar surface area (TPSA) is 149 Å². The molecule has 33 heavy (non-hydrogen) atoms. The van der Waals surface area contributed by atoms with Crippen molar-refractivity contribution in [2.75, 3.05) is 18.4 Å². The van der Waals surface area contributed by atoms with Crippen LogP contribution in [0.5, 0.6) is 0 Å². The summed E-state index contributed by atoms with van der Waals surface area (Å²) in [5.41, 5.74) is -0.638. The third-order valence-electron chi connectivity index (χ3n) is 4.46. The minimum Gasteiger partial charge on any atom is -0.467 e. The van der Waals surface area contributed by atoms with Crippen LogP contribution in [0, 0.1) is 10.1 Å². The highest BCUT2D eigenvalue weighted by atomic mass is 32.2. The highest BCUT2D eigenvalue weighted by molar-refractivity contribution is 7.92. The minimum absolute atomic E-state index is 0.106. The molecule has 0 unspecified atom stereocenters. The number of nitro benzene ring substituents is 1. The van der Waals surface area contributed by atoms with Gasteiger partial charge in [0.25, 0.3) is 21.6 Å². The molecule has 1 N–H and O–H groups in total. The number of para-hydroxylation sites is 1. The van der Waals surface area contributed by atoms with Crippen LogP contribution in [-0.4, -0.2) is 43.8 Å². The molecular weight excluding hydrogens is 454 g/mol. The average molecular weight is 473 g/mol. The molecule has 12 heteroatoms. The highest BCUT2D eigenvalue weighted by Crippen LogP contribution is 2.23. The van der Waals surface area contributed by atoms with Crippen LogP contribution in [0.25, 0.3) is 0 Å². The van der Waals surface area contributed by atoms with Crippen molar-refractivity contribution in [3.63, 3.8) is 0 Å². The number of esters is 1. The number of nitrogens with one attached hydrogen (secondary N) is 1. The molecule has 0 bridgehead atoms. The maximum atomic E-state index is 12.7. The Balaban J connectivity index is 1.70. The Morgan fingerprint density at radius 2 is 1.88 bits per heavy atom. The Morgan fingerprint density at radius 3 is 2.58 bits per heavy atom. The van der Waals surface area contributed by atoms with Crippen LogP contribution in [0.1, 0.15) is 16.1 Å². The second-order valence-electron chi connectivity index (χ2n) is 6.81. The van der Waals surface area contributed by atoms with Gasteiger partial charge in [-0.15, -0.1) is 0 Å². The van der Waals surface area contributed by atoms with E-state index in [4.69, 9.17) is 9.15 Å². The number of rotatable bonds is 9. The Morgan fingerprint density at radius 1 is 1.12 bits per heavy atom. The maximum absolute atomic E-state index is 12.7. The lowest BCUT2D eigenvalue weighted by Crippen LogP contribution is -2.30. The van der Waals surface area contributed by atoms with Crippen molar-refractivity contribution in [3.05, 3.63) is 88.4 Å². The maximum Gasteiger partial charge on any atom is 0.340 e. The van der Waals surface area contributed by atoms with Crippen LogP contribution in [0.4, 0.5) is 11.4 Å². The van der Waals surface area contributed by atoms with Crippen LogP contribution in [0.3, 0.4) is 0 Å². The van der Waals surface area contributed by atoms with Crippen LogP contribution in [0.2, 0.25) is 0 Å². The number of benzene rings is 2. The summed E-state index contributed by atoms with van der Waals surface area (Å²) in [7, 11) is -2.73. The van der Waals surface area contributed by atoms with Crippen molar-refractivity contribution in [1.82, 2.24) is 4.90 Å². The summed E-state index contributed by atoms with van der Waals surface area (Å²) in [6, 6.07) is 13.5. The van der Waals surface area contributed by atoms with E-state index in [9.17, 15) is 28.1 Å². The molecule has 2 aromatic carbocycles. The second kappa shape index (κ2) is 9.96. The van der Waals surface area contributed by atoms with Crippen molar-refractivity contribution in [2.24, 2.45) is 0 Å². The Hall–Kier alpha value is -4.19. The minimum atomic E-state index is -4.25. The first-order chi connectivity index (χ1) is 15.7. The number of sulfonamides is 1. The number of non-ortho nitro benzene ring substituents is 1. The first-order valence-electron chi connectivity index (χ1n) is 9.47. The number of hydrogen-bond donors (Lipinski definition) is 1. The fourth-order valence-electron chi connectivity index (χ4n) is 2.76. The quantitative estimate of drug-likeness (QED) is 0.283. The number of nitrogens with zero attached hydrogens (tertiary/aromatic N) is 2. The van der Waals surface area contributed by atoms with E-state index in [1.54, 1.807) is 12.1 Å². The van der Waals surface area contributed by atoms with E-state index in [2.05, 4.69) is 4.72 Å². The summed E-state index contributed by atoms with van der Waals surface area (Å²) < 4.78 is 37.9. The van der Waals surface area contributed by atoms with Crippen LogP contribution in [-0.2, 0) is 26.1 Å². The number of ether oxygens (including phenoxy) is 1. The molecule has 0 saturated carbocycles. The number of amides is 1. The highest BCUT2D eigenvalue weighted by Gasteiger charge is 2.22. The lowest BCUT2D eigenvalue weighted by atomic mass is 10.2. The normalized spacial score (nSPS) is 10.9. The summed E-state index contributed by atoms with van der Waals surface area (Å²) in [5.74, 6) is -0.862. The molecule has 0 radical (unpaired) electrons. The fraction of sp³-hybridized carbons (Fsp3) is 0.143. The van der Waals surface area contributed by atoms with E-state index in [-0.39, 0.29) is 22.7 Å². The van der Waals surface area contributed by atoms with Gasteiger partial charge < -0.3 is 14.1 Å². The molecule has 0 fully saturated rings. The zero-order valence-corrected chi connectivity index (χ0v) is 18.2. The zero-order chi connectivity index (χ0) is 24.0. The third kappa shape index (κ3) is 5.95. The number of hydrogen-bond acceptors (Lipinski definition) is 8. The Bertz CT molecular complexity index is 1270. The summed E-state index contributed by atoms with van der Waals surface area (Å²) in [6.07, 6.45) is 1.47. The van der Waals surface area contributed by atoms with Gasteiger partial charge in [-0.05, 0) is 30.3 Å². The first kappa shape index (κ1) is 23.5. The standard InChI is InChI=1S/C21H19N3O8S/c1-23(13-16-7-5-11-31-16)20(25)14-32-21(26)18-9-2-3-10-19(18)22-33(29,30)17-8-4-6-15(12-17)24(27)28/h2-12,22H,13-14H2,1H3. The van der Waals surface area contributed by atoms with Crippen molar-refractivity contribution in [2.45, 2.75) is 11.4 Å². The van der Waals surface area contributed by atoms with E-state index in [1.165, 1.54) is 54.6 Å². The second-order valence-corrected chi connectivity index (χ2v) is 8.49. The number of nitro groups is 1. The first-order valence-corrected chi connectivity index (χ1v) is 11.0. The summed E-state index contributed by atoms with van der Waals surface area (Å²) in [5, 5.41) is 10.9. The van der Waals surface area contributed by atoms with Crippen LogP contribution in [0.15, 0.2) is 76.2 Å². The van der Waals surface area contributed by atoms with Crippen molar-refractivity contribution in [1.29, 1.82) is 0 Å². The predicted molar refractivity (Wildman–Crippen MR) is 116 cm³/mol. The molecule has 0 aliphatic carbocycles. The van der Waals surface area contributed by atoms with Crippen LogP contribution < -0.4 is 4.72 Å². The molecular formula is C21H19N3O8S. The molecule has 0 aliphatic heterocycles. The van der Waals surface area contributed by atoms with Gasteiger partial charge in [0.05, 0.1) is 33.9 Å². The summed E-state index contributed by atoms with van der Waals surface area (Å²) >= 11 is 0. The van der Waals surface area contributed by atoms with Gasteiger partial charge in [0.2, 0.25) is 0 Å². The Labute approximate surface area is 188 Å². The number of furan rings is 1. The zero-order valence-electron chi connectivity index (χ0n) is 17.3. The monoisotopic (exact) mass is 473 g/mol. The van der Waals surface area contributed by atoms with E-state index < -0.39 is 39.1 Å². The number of carbonyl (C=O) groups excluding carboxylic acids is 2. The van der Waals surface area contributed by atoms with Crippen LogP contribution >= 0.6 is 0 Å². The fourth-order valence-corrected chi connectivity index (χ4v) is 3.88. The number of anilines is 1. The number of carbonyl (C=O) groups is 2. The van der Waals surface area contributed by atoms with Crippen molar-refractivity contribution >= 4 is 33.3 Å². The van der Waals surface area contributed by atoms with Crippen molar-refractivity contribution < 1.29 is 32.1 Å². The van der Waals surface area contributed by atoms with Gasteiger partial charge in [-0.25, -0.2) is 13.2 Å². The lowest BCUT2D eigenvalue weighted by Gasteiger charge is -2.16. The van der Waals surface area contributed by atoms with Gasteiger partial charge in [0.1, 0.15) is 5.76 Å². The summed E-state index contributed by atoms with van der Waals surface area (Å²) in [6.45, 7) is -0.384. The summed E-state index contributed by atoms with van der Waals surface area (Å²) in [4.78, 5) is 35.9. The van der Waals surface area contributed by atoms with Gasteiger partial charge in [-0.2, -0.15) is 0 Å². The smallest absolute Gasteiger partial charge is 0.340 e. The molecule has 1 aromatic heterocycles. The van der Waals surface area contributed by atoms with Gasteiger partial charge in [0, 0.05) is 19.2 Å². The largest absolute Gasteiger partial charge is 0.467 e. The van der Waals surface area contributed by atoms with Gasteiger partial charge in [-0.3, -0.25) is 19.6 Å². The van der Waals surface area contributed by atoms with Gasteiger partial charge in [0.15, 0.2) is 6.61 Å². The molecule has 0 atom stereocenters. The van der Waals surface area contributed by atoms with E-state index in [0.29, 0.717) is 5.76 Å². The predicted octanol–water partition coefficient (Wildman–Crippen LogP) is 2.80. The molecule has 11 nitrogen and oxygen atoms in total. The van der Waals surface area contributed by atoms with E-state index >= 15 is 0 Å².